The van der Waals surface area contributed by atoms with Gasteiger partial charge in [0, 0.05) is 6.04 Å². The van der Waals surface area contributed by atoms with Gasteiger partial charge in [0.1, 0.15) is 0 Å². The van der Waals surface area contributed by atoms with Gasteiger partial charge < -0.3 is 10.2 Å². The van der Waals surface area contributed by atoms with Crippen LogP contribution in [0.3, 0.4) is 0 Å². The standard InChI is InChI=1S/C16H32N2/c1-3-18(4-2)12-6-11-17-16-8-5-7-15(13-16)14-9-10-14/h14-17H,3-13H2,1-2H3. The van der Waals surface area contributed by atoms with Crippen LogP contribution in [0.1, 0.15) is 58.8 Å². The van der Waals surface area contributed by atoms with Crippen molar-refractivity contribution in [1.82, 2.24) is 10.2 Å². The van der Waals surface area contributed by atoms with Crippen molar-refractivity contribution in [3.8, 4) is 0 Å². The first-order valence-corrected chi connectivity index (χ1v) is 8.29. The van der Waals surface area contributed by atoms with Crippen LogP contribution in [-0.2, 0) is 0 Å². The minimum Gasteiger partial charge on any atom is -0.314 e. The highest BCUT2D eigenvalue weighted by Gasteiger charge is 2.34. The van der Waals surface area contributed by atoms with Crippen LogP contribution in [0.15, 0.2) is 0 Å². The van der Waals surface area contributed by atoms with Crippen molar-refractivity contribution < 1.29 is 0 Å². The Morgan fingerprint density at radius 3 is 2.44 bits per heavy atom. The fourth-order valence-corrected chi connectivity index (χ4v) is 3.56. The topological polar surface area (TPSA) is 15.3 Å². The molecule has 0 radical (unpaired) electrons. The summed E-state index contributed by atoms with van der Waals surface area (Å²) in [6.07, 6.45) is 10.2. The van der Waals surface area contributed by atoms with Gasteiger partial charge in [0.05, 0.1) is 0 Å². The molecule has 2 nitrogen and oxygen atoms in total. The second-order valence-corrected chi connectivity index (χ2v) is 6.30. The van der Waals surface area contributed by atoms with Gasteiger partial charge in [0.25, 0.3) is 0 Å². The molecule has 0 aromatic heterocycles. The lowest BCUT2D eigenvalue weighted by Gasteiger charge is -2.30. The van der Waals surface area contributed by atoms with Crippen molar-refractivity contribution in [2.24, 2.45) is 11.8 Å². The van der Waals surface area contributed by atoms with Gasteiger partial charge in [-0.05, 0) is 70.1 Å². The summed E-state index contributed by atoms with van der Waals surface area (Å²) in [5.41, 5.74) is 0. The van der Waals surface area contributed by atoms with E-state index in [1.165, 1.54) is 71.1 Å². The van der Waals surface area contributed by atoms with Crippen LogP contribution < -0.4 is 5.32 Å². The second kappa shape index (κ2) is 7.49. The Hall–Kier alpha value is -0.0800. The van der Waals surface area contributed by atoms with Gasteiger partial charge in [-0.3, -0.25) is 0 Å². The zero-order valence-corrected chi connectivity index (χ0v) is 12.5. The SMILES string of the molecule is CCN(CC)CCCNC1CCCC(C2CC2)C1. The lowest BCUT2D eigenvalue weighted by atomic mass is 9.83. The van der Waals surface area contributed by atoms with Crippen LogP contribution in [0.25, 0.3) is 0 Å². The van der Waals surface area contributed by atoms with Gasteiger partial charge in [-0.2, -0.15) is 0 Å². The molecule has 0 saturated heterocycles. The average Bonchev–Trinajstić information content (AvgIpc) is 3.24. The van der Waals surface area contributed by atoms with Crippen molar-refractivity contribution in [2.75, 3.05) is 26.2 Å². The van der Waals surface area contributed by atoms with Crippen LogP contribution in [-0.4, -0.2) is 37.1 Å². The molecule has 0 spiro atoms. The molecule has 0 heterocycles. The Morgan fingerprint density at radius 1 is 1.00 bits per heavy atom. The summed E-state index contributed by atoms with van der Waals surface area (Å²) in [6.45, 7) is 9.40. The molecular weight excluding hydrogens is 220 g/mol. The largest absolute Gasteiger partial charge is 0.314 e. The molecule has 2 aliphatic carbocycles. The maximum absolute atomic E-state index is 3.81. The minimum atomic E-state index is 0.834. The van der Waals surface area contributed by atoms with Gasteiger partial charge in [-0.15, -0.1) is 0 Å². The van der Waals surface area contributed by atoms with Crippen molar-refractivity contribution in [3.05, 3.63) is 0 Å². The van der Waals surface area contributed by atoms with Crippen LogP contribution in [0.5, 0.6) is 0 Å². The van der Waals surface area contributed by atoms with Crippen molar-refractivity contribution >= 4 is 0 Å². The summed E-state index contributed by atoms with van der Waals surface area (Å²) in [6, 6.07) is 0.834. The summed E-state index contributed by atoms with van der Waals surface area (Å²) in [7, 11) is 0. The molecule has 0 aliphatic heterocycles. The van der Waals surface area contributed by atoms with Crippen LogP contribution in [0.2, 0.25) is 0 Å². The first-order chi connectivity index (χ1) is 8.83. The predicted molar refractivity (Wildman–Crippen MR) is 78.9 cm³/mol. The van der Waals surface area contributed by atoms with E-state index in [0.717, 1.165) is 17.9 Å². The second-order valence-electron chi connectivity index (χ2n) is 6.30. The first kappa shape index (κ1) is 14.3. The molecule has 2 saturated carbocycles. The van der Waals surface area contributed by atoms with E-state index in [1.807, 2.05) is 0 Å². The Bertz CT molecular complexity index is 221. The molecule has 106 valence electrons. The van der Waals surface area contributed by atoms with Gasteiger partial charge in [0.15, 0.2) is 0 Å². The molecule has 2 rings (SSSR count). The number of hydrogen-bond donors (Lipinski definition) is 1. The van der Waals surface area contributed by atoms with Crippen LogP contribution in [0.4, 0.5) is 0 Å². The number of nitrogens with one attached hydrogen (secondary N) is 1. The third-order valence-electron chi connectivity index (χ3n) is 4.98. The molecular formula is C16H32N2. The van der Waals surface area contributed by atoms with E-state index in [1.54, 1.807) is 0 Å². The van der Waals surface area contributed by atoms with Gasteiger partial charge in [0.2, 0.25) is 0 Å². The predicted octanol–water partition coefficient (Wildman–Crippen LogP) is 3.28. The average molecular weight is 252 g/mol. The van der Waals surface area contributed by atoms with E-state index in [-0.39, 0.29) is 0 Å². The molecule has 0 bridgehead atoms. The normalized spacial score (nSPS) is 28.8. The molecule has 18 heavy (non-hydrogen) atoms. The number of nitrogens with zero attached hydrogens (tertiary/aromatic N) is 1. The molecule has 1 N–H and O–H groups in total. The molecule has 2 fully saturated rings. The van der Waals surface area contributed by atoms with Crippen molar-refractivity contribution in [1.29, 1.82) is 0 Å². The molecule has 2 unspecified atom stereocenters. The fourth-order valence-electron chi connectivity index (χ4n) is 3.56. The van der Waals surface area contributed by atoms with E-state index in [2.05, 4.69) is 24.1 Å². The Balaban J connectivity index is 1.55. The van der Waals surface area contributed by atoms with Gasteiger partial charge in [-0.1, -0.05) is 26.7 Å². The summed E-state index contributed by atoms with van der Waals surface area (Å²) < 4.78 is 0. The highest BCUT2D eigenvalue weighted by atomic mass is 15.1. The quantitative estimate of drug-likeness (QED) is 0.667. The summed E-state index contributed by atoms with van der Waals surface area (Å²) in [5.74, 6) is 2.18. The molecule has 2 aliphatic rings. The maximum atomic E-state index is 3.81. The van der Waals surface area contributed by atoms with E-state index < -0.39 is 0 Å². The Kier molecular flexibility index (Phi) is 5.97. The Morgan fingerprint density at radius 2 is 1.78 bits per heavy atom. The van der Waals surface area contributed by atoms with E-state index in [9.17, 15) is 0 Å². The third-order valence-corrected chi connectivity index (χ3v) is 4.98. The van der Waals surface area contributed by atoms with Gasteiger partial charge in [-0.25, -0.2) is 0 Å². The smallest absolute Gasteiger partial charge is 0.00698 e. The zero-order valence-electron chi connectivity index (χ0n) is 12.5. The van der Waals surface area contributed by atoms with Gasteiger partial charge >= 0.3 is 0 Å². The summed E-state index contributed by atoms with van der Waals surface area (Å²) in [4.78, 5) is 2.52. The summed E-state index contributed by atoms with van der Waals surface area (Å²) in [5, 5.41) is 3.81. The van der Waals surface area contributed by atoms with E-state index >= 15 is 0 Å². The zero-order chi connectivity index (χ0) is 12.8. The fraction of sp³-hybridized carbons (Fsp3) is 1.00. The number of hydrogen-bond acceptors (Lipinski definition) is 2. The first-order valence-electron chi connectivity index (χ1n) is 8.29. The van der Waals surface area contributed by atoms with E-state index in [4.69, 9.17) is 0 Å². The van der Waals surface area contributed by atoms with Crippen molar-refractivity contribution in [2.45, 2.75) is 64.8 Å². The monoisotopic (exact) mass is 252 g/mol. The van der Waals surface area contributed by atoms with Crippen molar-refractivity contribution in [3.63, 3.8) is 0 Å². The minimum absolute atomic E-state index is 0.834. The highest BCUT2D eigenvalue weighted by Crippen LogP contribution is 2.43. The lowest BCUT2D eigenvalue weighted by Crippen LogP contribution is -2.36. The molecule has 2 heteroatoms. The highest BCUT2D eigenvalue weighted by molar-refractivity contribution is 4.87. The molecule has 0 aromatic rings. The van der Waals surface area contributed by atoms with Crippen LogP contribution in [0, 0.1) is 11.8 Å². The Labute approximate surface area is 114 Å². The molecule has 0 aromatic carbocycles. The lowest BCUT2D eigenvalue weighted by molar-refractivity contribution is 0.252. The van der Waals surface area contributed by atoms with Crippen LogP contribution >= 0.6 is 0 Å². The summed E-state index contributed by atoms with van der Waals surface area (Å²) >= 11 is 0. The molecule has 2 atom stereocenters. The number of rotatable bonds is 8. The van der Waals surface area contributed by atoms with E-state index in [0.29, 0.717) is 0 Å². The third kappa shape index (κ3) is 4.55. The molecule has 0 amide bonds. The maximum Gasteiger partial charge on any atom is 0.00698 e.